The predicted molar refractivity (Wildman–Crippen MR) is 103 cm³/mol. The summed E-state index contributed by atoms with van der Waals surface area (Å²) in [5.41, 5.74) is 12.0. The zero-order valence-corrected chi connectivity index (χ0v) is 16.3. The maximum absolute atomic E-state index is 13.0. The maximum atomic E-state index is 13.0. The molecule has 4 N–H and O–H groups in total. The number of aromatic nitrogens is 2. The van der Waals surface area contributed by atoms with Crippen molar-refractivity contribution in [2.75, 3.05) is 5.73 Å². The van der Waals surface area contributed by atoms with Crippen LogP contribution in [0.5, 0.6) is 0 Å². The number of hydrogen-bond acceptors (Lipinski definition) is 6. The van der Waals surface area contributed by atoms with E-state index in [-0.39, 0.29) is 23.9 Å². The Morgan fingerprint density at radius 1 is 1.26 bits per heavy atom. The lowest BCUT2D eigenvalue weighted by Crippen LogP contribution is -2.36. The highest BCUT2D eigenvalue weighted by Gasteiger charge is 2.25. The van der Waals surface area contributed by atoms with Gasteiger partial charge in [0, 0.05) is 12.1 Å². The van der Waals surface area contributed by atoms with Crippen LogP contribution in [0.3, 0.4) is 0 Å². The van der Waals surface area contributed by atoms with E-state index >= 15 is 0 Å². The second-order valence-electron chi connectivity index (χ2n) is 7.63. The van der Waals surface area contributed by atoms with E-state index in [2.05, 4.69) is 4.98 Å². The van der Waals surface area contributed by atoms with Gasteiger partial charge in [0.25, 0.3) is 5.56 Å². The molecule has 8 heteroatoms. The molecule has 0 saturated carbocycles. The molecular formula is C19H26N4O4. The van der Waals surface area contributed by atoms with Crippen molar-refractivity contribution < 1.29 is 14.3 Å². The van der Waals surface area contributed by atoms with Crippen LogP contribution in [0, 0.1) is 13.8 Å². The first kappa shape index (κ1) is 20.4. The zero-order valence-electron chi connectivity index (χ0n) is 16.3. The smallest absolute Gasteiger partial charge is 0.306 e. The van der Waals surface area contributed by atoms with Crippen LogP contribution in [-0.2, 0) is 14.3 Å². The molecule has 1 heterocycles. The number of aryl methyl sites for hydroxylation is 2. The molecule has 0 bridgehead atoms. The molecule has 0 radical (unpaired) electrons. The van der Waals surface area contributed by atoms with E-state index in [9.17, 15) is 14.4 Å². The largest absolute Gasteiger partial charge is 0.460 e. The number of nitrogens with two attached hydrogens (primary N) is 2. The van der Waals surface area contributed by atoms with Gasteiger partial charge in [-0.1, -0.05) is 0 Å². The van der Waals surface area contributed by atoms with Crippen molar-refractivity contribution in [1.29, 1.82) is 0 Å². The van der Waals surface area contributed by atoms with E-state index in [0.717, 1.165) is 5.56 Å². The van der Waals surface area contributed by atoms with Gasteiger partial charge < -0.3 is 16.2 Å². The van der Waals surface area contributed by atoms with Crippen molar-refractivity contribution in [3.63, 3.8) is 0 Å². The van der Waals surface area contributed by atoms with Crippen molar-refractivity contribution in [2.45, 2.75) is 59.1 Å². The molecular weight excluding hydrogens is 348 g/mol. The number of carbonyl (C=O) groups is 2. The fourth-order valence-electron chi connectivity index (χ4n) is 3.02. The fourth-order valence-corrected chi connectivity index (χ4v) is 3.02. The number of nitrogen functional groups attached to an aromatic ring is 1. The van der Waals surface area contributed by atoms with Gasteiger partial charge >= 0.3 is 5.97 Å². The van der Waals surface area contributed by atoms with E-state index in [1.54, 1.807) is 39.8 Å². The Labute approximate surface area is 157 Å². The van der Waals surface area contributed by atoms with Crippen molar-refractivity contribution in [1.82, 2.24) is 9.55 Å². The van der Waals surface area contributed by atoms with Crippen LogP contribution < -0.4 is 17.0 Å². The number of fused-ring (bicyclic) bond motifs is 1. The molecule has 8 nitrogen and oxygen atoms in total. The van der Waals surface area contributed by atoms with Crippen LogP contribution in [0.2, 0.25) is 0 Å². The number of rotatable bonds is 5. The molecule has 0 aliphatic heterocycles. The Morgan fingerprint density at radius 2 is 1.89 bits per heavy atom. The second kappa shape index (κ2) is 7.38. The summed E-state index contributed by atoms with van der Waals surface area (Å²) in [5.74, 6) is -0.871. The van der Waals surface area contributed by atoms with E-state index in [1.165, 1.54) is 4.57 Å². The highest BCUT2D eigenvalue weighted by Crippen LogP contribution is 2.22. The number of ether oxygens (including phenoxy) is 1. The third kappa shape index (κ3) is 4.64. The predicted octanol–water partition coefficient (Wildman–Crippen LogP) is 1.74. The molecule has 0 aliphatic carbocycles. The maximum Gasteiger partial charge on any atom is 0.306 e. The minimum absolute atomic E-state index is 0.0317. The van der Waals surface area contributed by atoms with Crippen LogP contribution in [0.4, 0.5) is 5.69 Å². The lowest BCUT2D eigenvalue weighted by Gasteiger charge is -2.22. The monoisotopic (exact) mass is 374 g/mol. The molecule has 2 aromatic rings. The summed E-state index contributed by atoms with van der Waals surface area (Å²) in [6.45, 7) is 8.73. The topological polar surface area (TPSA) is 130 Å². The van der Waals surface area contributed by atoms with Gasteiger partial charge in [0.2, 0.25) is 5.91 Å². The van der Waals surface area contributed by atoms with Crippen LogP contribution in [-0.4, -0.2) is 27.0 Å². The van der Waals surface area contributed by atoms with Gasteiger partial charge in [-0.15, -0.1) is 0 Å². The van der Waals surface area contributed by atoms with Crippen LogP contribution in [0.15, 0.2) is 16.9 Å². The minimum Gasteiger partial charge on any atom is -0.460 e. The number of esters is 1. The van der Waals surface area contributed by atoms with Crippen LogP contribution in [0.25, 0.3) is 10.9 Å². The lowest BCUT2D eigenvalue weighted by atomic mass is 10.1. The molecule has 2 rings (SSSR count). The average Bonchev–Trinajstić information content (AvgIpc) is 2.46. The molecule has 0 unspecified atom stereocenters. The zero-order chi connectivity index (χ0) is 20.5. The van der Waals surface area contributed by atoms with Crippen molar-refractivity contribution in [2.24, 2.45) is 5.73 Å². The van der Waals surface area contributed by atoms with Crippen LogP contribution >= 0.6 is 0 Å². The number of primary amides is 1. The minimum atomic E-state index is -1.03. The Hall–Kier alpha value is -2.90. The summed E-state index contributed by atoms with van der Waals surface area (Å²) in [7, 11) is 0. The van der Waals surface area contributed by atoms with Gasteiger partial charge in [0.05, 0.1) is 10.9 Å². The van der Waals surface area contributed by atoms with Crippen LogP contribution in [0.1, 0.15) is 51.0 Å². The molecule has 1 aromatic heterocycles. The Morgan fingerprint density at radius 3 is 2.44 bits per heavy atom. The highest BCUT2D eigenvalue weighted by molar-refractivity contribution is 5.90. The van der Waals surface area contributed by atoms with E-state index in [0.29, 0.717) is 11.3 Å². The van der Waals surface area contributed by atoms with Crippen molar-refractivity contribution in [3.8, 4) is 0 Å². The van der Waals surface area contributed by atoms with E-state index in [4.69, 9.17) is 16.2 Å². The number of nitrogens with zero attached hydrogens (tertiary/aromatic N) is 2. The third-order valence-electron chi connectivity index (χ3n) is 4.04. The summed E-state index contributed by atoms with van der Waals surface area (Å²) >= 11 is 0. The Balaban J connectivity index is 2.46. The molecule has 1 amide bonds. The van der Waals surface area contributed by atoms with E-state index in [1.807, 2.05) is 6.92 Å². The SMILES string of the molecule is Cc1cc(N)c2c(=O)n([C@@H](CCC(=O)OC(C)(C)C)C(N)=O)c(C)nc2c1. The average molecular weight is 374 g/mol. The molecule has 146 valence electrons. The number of carbonyl (C=O) groups excluding carboxylic acids is 2. The summed E-state index contributed by atoms with van der Waals surface area (Å²) < 4.78 is 6.46. The van der Waals surface area contributed by atoms with Gasteiger partial charge in [0.1, 0.15) is 17.5 Å². The second-order valence-corrected chi connectivity index (χ2v) is 7.63. The first-order valence-corrected chi connectivity index (χ1v) is 8.71. The van der Waals surface area contributed by atoms with Gasteiger partial charge in [-0.3, -0.25) is 19.0 Å². The molecule has 27 heavy (non-hydrogen) atoms. The van der Waals surface area contributed by atoms with Gasteiger partial charge in [0.15, 0.2) is 0 Å². The summed E-state index contributed by atoms with van der Waals surface area (Å²) in [6.07, 6.45) is -0.0257. The Kier molecular flexibility index (Phi) is 5.58. The molecule has 1 aromatic carbocycles. The highest BCUT2D eigenvalue weighted by atomic mass is 16.6. The fraction of sp³-hybridized carbons (Fsp3) is 0.474. The van der Waals surface area contributed by atoms with Gasteiger partial charge in [-0.05, 0) is 58.7 Å². The van der Waals surface area contributed by atoms with Gasteiger partial charge in [-0.2, -0.15) is 0 Å². The van der Waals surface area contributed by atoms with Crippen molar-refractivity contribution in [3.05, 3.63) is 33.9 Å². The summed E-state index contributed by atoms with van der Waals surface area (Å²) in [6, 6.07) is 2.40. The number of benzene rings is 1. The summed E-state index contributed by atoms with van der Waals surface area (Å²) in [5, 5.41) is 0.231. The quantitative estimate of drug-likeness (QED) is 0.605. The molecule has 0 saturated heterocycles. The first-order valence-electron chi connectivity index (χ1n) is 8.71. The molecule has 0 spiro atoms. The number of hydrogen-bond donors (Lipinski definition) is 2. The van der Waals surface area contributed by atoms with E-state index < -0.39 is 29.1 Å². The van der Waals surface area contributed by atoms with Crippen molar-refractivity contribution >= 4 is 28.5 Å². The standard InChI is InChI=1S/C19H26N4O4/c1-10-8-12(20)16-13(9-10)22-11(2)23(18(16)26)14(17(21)25)6-7-15(24)27-19(3,4)5/h8-9,14H,6-7,20H2,1-5H3,(H2,21,25)/t14-/m0/s1. The Bertz CT molecular complexity index is 957. The number of amides is 1. The first-order chi connectivity index (χ1) is 12.4. The molecule has 0 fully saturated rings. The lowest BCUT2D eigenvalue weighted by molar-refractivity contribution is -0.155. The number of anilines is 1. The van der Waals surface area contributed by atoms with Gasteiger partial charge in [-0.25, -0.2) is 4.98 Å². The normalized spacial score (nSPS) is 12.8. The summed E-state index contributed by atoms with van der Waals surface area (Å²) in [4.78, 5) is 41.4. The third-order valence-corrected chi connectivity index (χ3v) is 4.04. The molecule has 0 aliphatic rings. The molecule has 1 atom stereocenters.